The minimum Gasteiger partial charge on any atom is -0.128 e. The van der Waals surface area contributed by atoms with Crippen molar-refractivity contribution in [2.75, 3.05) is 19.6 Å². The van der Waals surface area contributed by atoms with E-state index in [4.69, 9.17) is 0 Å². The summed E-state index contributed by atoms with van der Waals surface area (Å²) in [4.78, 5) is 0. The topological polar surface area (TPSA) is 15.4 Å². The van der Waals surface area contributed by atoms with Gasteiger partial charge in [-0.05, 0) is 25.9 Å². The maximum atomic E-state index is 4.19. The van der Waals surface area contributed by atoms with Crippen LogP contribution in [0.15, 0.2) is 5.11 Å². The average molecular weight is 115 g/mol. The van der Waals surface area contributed by atoms with Gasteiger partial charge in [-0.1, -0.05) is 0 Å². The van der Waals surface area contributed by atoms with Crippen LogP contribution in [0.4, 0.5) is 0 Å². The zero-order valence-corrected chi connectivity index (χ0v) is 6.02. The Morgan fingerprint density at radius 2 is 1.62 bits per heavy atom. The van der Waals surface area contributed by atoms with Crippen molar-refractivity contribution < 1.29 is 4.70 Å². The van der Waals surface area contributed by atoms with E-state index in [2.05, 4.69) is 30.6 Å². The Morgan fingerprint density at radius 1 is 1.12 bits per heavy atom. The molecule has 0 aliphatic rings. The lowest BCUT2D eigenvalue weighted by Crippen LogP contribution is -2.07. The van der Waals surface area contributed by atoms with E-state index in [9.17, 15) is 0 Å². The van der Waals surface area contributed by atoms with Gasteiger partial charge in [-0.2, -0.15) is 0 Å². The summed E-state index contributed by atoms with van der Waals surface area (Å²) in [5.41, 5.74) is 0. The summed E-state index contributed by atoms with van der Waals surface area (Å²) >= 11 is 0. The highest BCUT2D eigenvalue weighted by atomic mass is 15.2. The SMILES string of the molecule is CCN=[N+](CC)CC. The van der Waals surface area contributed by atoms with Crippen LogP contribution in [0.3, 0.4) is 0 Å². The molecule has 0 saturated heterocycles. The van der Waals surface area contributed by atoms with Crippen molar-refractivity contribution >= 4 is 0 Å². The lowest BCUT2D eigenvalue weighted by molar-refractivity contribution is -0.588. The van der Waals surface area contributed by atoms with Gasteiger partial charge in [0.1, 0.15) is 0 Å². The molecule has 2 heteroatoms. The van der Waals surface area contributed by atoms with E-state index in [1.807, 2.05) is 0 Å². The Bertz CT molecular complexity index is 70.6. The second kappa shape index (κ2) is 4.75. The molecule has 0 N–H and O–H groups in total. The van der Waals surface area contributed by atoms with E-state index in [0.717, 1.165) is 19.6 Å². The summed E-state index contributed by atoms with van der Waals surface area (Å²) in [7, 11) is 0. The molecule has 0 radical (unpaired) electrons. The minimum atomic E-state index is 0.904. The fourth-order valence-electron chi connectivity index (χ4n) is 0.624. The predicted molar refractivity (Wildman–Crippen MR) is 34.3 cm³/mol. The standard InChI is InChI=1S/C6H15N2/c1-4-7-8(5-2)6-3/h4-6H2,1-3H3/q+1. The van der Waals surface area contributed by atoms with E-state index in [1.165, 1.54) is 0 Å². The van der Waals surface area contributed by atoms with Gasteiger partial charge in [-0.3, -0.25) is 0 Å². The van der Waals surface area contributed by atoms with Crippen LogP contribution >= 0.6 is 0 Å². The highest BCUT2D eigenvalue weighted by molar-refractivity contribution is 4.14. The molecule has 0 spiro atoms. The van der Waals surface area contributed by atoms with Gasteiger partial charge < -0.3 is 0 Å². The van der Waals surface area contributed by atoms with E-state index in [-0.39, 0.29) is 0 Å². The van der Waals surface area contributed by atoms with Gasteiger partial charge in [0.25, 0.3) is 0 Å². The summed E-state index contributed by atoms with van der Waals surface area (Å²) in [6.07, 6.45) is 0. The minimum absolute atomic E-state index is 0.904. The maximum Gasteiger partial charge on any atom is 0.165 e. The van der Waals surface area contributed by atoms with Gasteiger partial charge in [0.2, 0.25) is 0 Å². The fourth-order valence-corrected chi connectivity index (χ4v) is 0.624. The first kappa shape index (κ1) is 7.60. The van der Waals surface area contributed by atoms with Crippen LogP contribution in [-0.2, 0) is 0 Å². The molecule has 0 aliphatic carbocycles. The summed E-state index contributed by atoms with van der Waals surface area (Å²) in [5.74, 6) is 0. The molecule has 0 saturated carbocycles. The first-order chi connectivity index (χ1) is 3.85. The van der Waals surface area contributed by atoms with Crippen molar-refractivity contribution in [3.63, 3.8) is 0 Å². The smallest absolute Gasteiger partial charge is 0.128 e. The second-order valence-electron chi connectivity index (χ2n) is 1.60. The van der Waals surface area contributed by atoms with E-state index >= 15 is 0 Å². The summed E-state index contributed by atoms with van der Waals surface area (Å²) < 4.78 is 2.06. The highest BCUT2D eigenvalue weighted by Gasteiger charge is 1.92. The third kappa shape index (κ3) is 2.72. The molecule has 0 fully saturated rings. The Labute approximate surface area is 51.2 Å². The molecule has 0 aromatic rings. The number of rotatable bonds is 3. The predicted octanol–water partition coefficient (Wildman–Crippen LogP) is 1.51. The second-order valence-corrected chi connectivity index (χ2v) is 1.60. The quantitative estimate of drug-likeness (QED) is 0.391. The first-order valence-corrected chi connectivity index (χ1v) is 3.27. The van der Waals surface area contributed by atoms with Crippen molar-refractivity contribution in [1.29, 1.82) is 0 Å². The number of azo groups is 2. The van der Waals surface area contributed by atoms with Crippen LogP contribution in [0.2, 0.25) is 0 Å². The molecule has 0 aromatic carbocycles. The molecule has 2 nitrogen and oxygen atoms in total. The van der Waals surface area contributed by atoms with Gasteiger partial charge in [0.05, 0.1) is 6.54 Å². The van der Waals surface area contributed by atoms with Crippen LogP contribution < -0.4 is 0 Å². The number of hydrogen-bond donors (Lipinski definition) is 0. The maximum absolute atomic E-state index is 4.19. The molecular formula is C6H15N2+. The zero-order chi connectivity index (χ0) is 6.41. The lowest BCUT2D eigenvalue weighted by Gasteiger charge is -1.88. The highest BCUT2D eigenvalue weighted by Crippen LogP contribution is 1.76. The molecule has 0 amide bonds. The third-order valence-corrected chi connectivity index (χ3v) is 1.07. The molecule has 0 aliphatic heterocycles. The Hall–Kier alpha value is -0.400. The van der Waals surface area contributed by atoms with Crippen molar-refractivity contribution in [1.82, 2.24) is 0 Å². The molecule has 8 heavy (non-hydrogen) atoms. The van der Waals surface area contributed by atoms with Gasteiger partial charge >= 0.3 is 0 Å². The Balaban J connectivity index is 3.49. The third-order valence-electron chi connectivity index (χ3n) is 1.07. The molecule has 0 heterocycles. The van der Waals surface area contributed by atoms with Crippen molar-refractivity contribution in [3.8, 4) is 0 Å². The monoisotopic (exact) mass is 115 g/mol. The molecule has 0 bridgehead atoms. The van der Waals surface area contributed by atoms with E-state index in [1.54, 1.807) is 0 Å². The summed E-state index contributed by atoms with van der Waals surface area (Å²) in [6.45, 7) is 9.25. The van der Waals surface area contributed by atoms with Crippen LogP contribution in [0, 0.1) is 0 Å². The summed E-state index contributed by atoms with van der Waals surface area (Å²) in [5, 5.41) is 4.19. The van der Waals surface area contributed by atoms with Crippen LogP contribution in [-0.4, -0.2) is 24.3 Å². The molecule has 0 unspecified atom stereocenters. The zero-order valence-electron chi connectivity index (χ0n) is 6.02. The van der Waals surface area contributed by atoms with E-state index < -0.39 is 0 Å². The first-order valence-electron chi connectivity index (χ1n) is 3.27. The van der Waals surface area contributed by atoms with E-state index in [0.29, 0.717) is 0 Å². The average Bonchev–Trinajstić information content (AvgIpc) is 1.83. The molecule has 48 valence electrons. The molecule has 0 atom stereocenters. The van der Waals surface area contributed by atoms with Gasteiger partial charge in [0, 0.05) is 0 Å². The summed E-state index contributed by atoms with van der Waals surface area (Å²) in [6, 6.07) is 0. The molecule has 0 aromatic heterocycles. The Kier molecular flexibility index (Phi) is 4.51. The van der Waals surface area contributed by atoms with Crippen LogP contribution in [0.5, 0.6) is 0 Å². The van der Waals surface area contributed by atoms with Crippen molar-refractivity contribution in [2.45, 2.75) is 20.8 Å². The van der Waals surface area contributed by atoms with Crippen LogP contribution in [0.25, 0.3) is 0 Å². The normalized spacial score (nSPS) is 8.88. The number of hydrogen-bond acceptors (Lipinski definition) is 1. The molecule has 0 rings (SSSR count). The van der Waals surface area contributed by atoms with Crippen molar-refractivity contribution in [3.05, 3.63) is 0 Å². The lowest BCUT2D eigenvalue weighted by atomic mass is 10.6. The number of nitrogens with zero attached hydrogens (tertiary/aromatic N) is 2. The van der Waals surface area contributed by atoms with Gasteiger partial charge in [-0.25, -0.2) is 0 Å². The van der Waals surface area contributed by atoms with Crippen molar-refractivity contribution in [2.24, 2.45) is 5.11 Å². The Morgan fingerprint density at radius 3 is 1.75 bits per heavy atom. The molecular weight excluding hydrogens is 100 g/mol. The van der Waals surface area contributed by atoms with Gasteiger partial charge in [0.15, 0.2) is 13.1 Å². The van der Waals surface area contributed by atoms with Gasteiger partial charge in [-0.15, -0.1) is 4.70 Å². The largest absolute Gasteiger partial charge is 0.165 e. The van der Waals surface area contributed by atoms with Crippen LogP contribution in [0.1, 0.15) is 20.8 Å². The fraction of sp³-hybridized carbons (Fsp3) is 1.00.